The molecule has 0 aliphatic heterocycles. The molecule has 1 heterocycles. The maximum Gasteiger partial charge on any atom is 0.142 e. The summed E-state index contributed by atoms with van der Waals surface area (Å²) in [6, 6.07) is 5.60. The number of nitrogens with one attached hydrogen (secondary N) is 2. The van der Waals surface area contributed by atoms with Gasteiger partial charge in [0.2, 0.25) is 0 Å². The van der Waals surface area contributed by atoms with Gasteiger partial charge in [-0.25, -0.2) is 0 Å². The van der Waals surface area contributed by atoms with Crippen molar-refractivity contribution in [2.45, 2.75) is 26.8 Å². The molecule has 0 unspecified atom stereocenters. The van der Waals surface area contributed by atoms with E-state index in [0.29, 0.717) is 18.2 Å². The van der Waals surface area contributed by atoms with Crippen LogP contribution in [0.2, 0.25) is 5.02 Å². The van der Waals surface area contributed by atoms with Crippen molar-refractivity contribution < 1.29 is 4.74 Å². The van der Waals surface area contributed by atoms with Crippen molar-refractivity contribution in [3.8, 4) is 5.75 Å². The summed E-state index contributed by atoms with van der Waals surface area (Å²) in [7, 11) is 0. The molecule has 0 radical (unpaired) electrons. The van der Waals surface area contributed by atoms with Gasteiger partial charge in [0, 0.05) is 22.8 Å². The SMILES string of the molecule is CCCOc1ccc(Cl)cc1NCc1cn[nH]c1C. The highest BCUT2D eigenvalue weighted by Gasteiger charge is 2.06. The predicted octanol–water partition coefficient (Wildman–Crippen LogP) is 3.77. The van der Waals surface area contributed by atoms with Gasteiger partial charge in [0.15, 0.2) is 0 Å². The molecule has 102 valence electrons. The van der Waals surface area contributed by atoms with E-state index in [-0.39, 0.29) is 0 Å². The van der Waals surface area contributed by atoms with Crippen LogP contribution in [-0.4, -0.2) is 16.8 Å². The number of ether oxygens (including phenoxy) is 1. The summed E-state index contributed by atoms with van der Waals surface area (Å²) in [5, 5.41) is 10.9. The van der Waals surface area contributed by atoms with Crippen LogP contribution in [0.3, 0.4) is 0 Å². The molecule has 0 spiro atoms. The molecule has 0 fully saturated rings. The third-order valence-electron chi connectivity index (χ3n) is 2.81. The lowest BCUT2D eigenvalue weighted by Gasteiger charge is -2.13. The molecule has 0 saturated carbocycles. The normalized spacial score (nSPS) is 10.5. The van der Waals surface area contributed by atoms with Crippen molar-refractivity contribution in [1.29, 1.82) is 0 Å². The monoisotopic (exact) mass is 279 g/mol. The quantitative estimate of drug-likeness (QED) is 0.846. The predicted molar refractivity (Wildman–Crippen MR) is 77.9 cm³/mol. The van der Waals surface area contributed by atoms with E-state index in [0.717, 1.165) is 29.1 Å². The summed E-state index contributed by atoms with van der Waals surface area (Å²) in [6.45, 7) is 5.46. The molecular weight excluding hydrogens is 262 g/mol. The van der Waals surface area contributed by atoms with Crippen molar-refractivity contribution in [3.63, 3.8) is 0 Å². The maximum absolute atomic E-state index is 6.03. The summed E-state index contributed by atoms with van der Waals surface area (Å²) < 4.78 is 5.70. The van der Waals surface area contributed by atoms with Crippen molar-refractivity contribution >= 4 is 17.3 Å². The van der Waals surface area contributed by atoms with Crippen molar-refractivity contribution in [2.75, 3.05) is 11.9 Å². The minimum absolute atomic E-state index is 0.686. The smallest absolute Gasteiger partial charge is 0.142 e. The zero-order chi connectivity index (χ0) is 13.7. The summed E-state index contributed by atoms with van der Waals surface area (Å²) >= 11 is 6.03. The zero-order valence-corrected chi connectivity index (χ0v) is 11.9. The van der Waals surface area contributed by atoms with E-state index in [9.17, 15) is 0 Å². The molecule has 2 N–H and O–H groups in total. The molecule has 19 heavy (non-hydrogen) atoms. The van der Waals surface area contributed by atoms with Crippen LogP contribution in [0.4, 0.5) is 5.69 Å². The Labute approximate surface area is 118 Å². The number of anilines is 1. The van der Waals surface area contributed by atoms with Gasteiger partial charge in [-0.1, -0.05) is 18.5 Å². The van der Waals surface area contributed by atoms with E-state index in [1.54, 1.807) is 0 Å². The Morgan fingerprint density at radius 3 is 2.95 bits per heavy atom. The molecule has 0 saturated heterocycles. The molecule has 0 aliphatic rings. The fraction of sp³-hybridized carbons (Fsp3) is 0.357. The summed E-state index contributed by atoms with van der Waals surface area (Å²) in [5.41, 5.74) is 3.09. The first-order chi connectivity index (χ1) is 9.20. The van der Waals surface area contributed by atoms with Crippen LogP contribution in [0.15, 0.2) is 24.4 Å². The molecule has 0 bridgehead atoms. The molecule has 2 rings (SSSR count). The number of aryl methyl sites for hydroxylation is 1. The first-order valence-corrected chi connectivity index (χ1v) is 6.73. The van der Waals surface area contributed by atoms with Crippen LogP contribution in [0, 0.1) is 6.92 Å². The highest BCUT2D eigenvalue weighted by atomic mass is 35.5. The Morgan fingerprint density at radius 1 is 1.42 bits per heavy atom. The van der Waals surface area contributed by atoms with Crippen LogP contribution >= 0.6 is 11.6 Å². The van der Waals surface area contributed by atoms with Gasteiger partial charge in [0.1, 0.15) is 5.75 Å². The van der Waals surface area contributed by atoms with E-state index in [1.807, 2.05) is 31.3 Å². The Bertz CT molecular complexity index is 539. The van der Waals surface area contributed by atoms with E-state index >= 15 is 0 Å². The fourth-order valence-corrected chi connectivity index (χ4v) is 1.89. The summed E-state index contributed by atoms with van der Waals surface area (Å²) in [4.78, 5) is 0. The number of benzene rings is 1. The zero-order valence-electron chi connectivity index (χ0n) is 11.2. The van der Waals surface area contributed by atoms with Gasteiger partial charge in [0.25, 0.3) is 0 Å². The first-order valence-electron chi connectivity index (χ1n) is 6.35. The van der Waals surface area contributed by atoms with Crippen LogP contribution in [-0.2, 0) is 6.54 Å². The number of H-pyrrole nitrogens is 1. The molecule has 4 nitrogen and oxygen atoms in total. The molecule has 5 heteroatoms. The highest BCUT2D eigenvalue weighted by Crippen LogP contribution is 2.28. The number of hydrogen-bond donors (Lipinski definition) is 2. The van der Waals surface area contributed by atoms with E-state index in [1.165, 1.54) is 0 Å². The number of nitrogens with zero attached hydrogens (tertiary/aromatic N) is 1. The van der Waals surface area contributed by atoms with Crippen molar-refractivity contribution in [3.05, 3.63) is 40.7 Å². The number of halogens is 1. The highest BCUT2D eigenvalue weighted by molar-refractivity contribution is 6.30. The third kappa shape index (κ3) is 3.64. The topological polar surface area (TPSA) is 49.9 Å². The Morgan fingerprint density at radius 2 is 2.26 bits per heavy atom. The fourth-order valence-electron chi connectivity index (χ4n) is 1.72. The number of aromatic amines is 1. The van der Waals surface area contributed by atoms with Crippen LogP contribution in [0.5, 0.6) is 5.75 Å². The van der Waals surface area contributed by atoms with Gasteiger partial charge in [-0.2, -0.15) is 5.10 Å². The molecule has 2 aromatic rings. The lowest BCUT2D eigenvalue weighted by atomic mass is 10.2. The number of rotatable bonds is 6. The van der Waals surface area contributed by atoms with Crippen molar-refractivity contribution in [1.82, 2.24) is 10.2 Å². The molecule has 0 atom stereocenters. The second-order valence-electron chi connectivity index (χ2n) is 4.36. The molecule has 0 aliphatic carbocycles. The minimum atomic E-state index is 0.686. The molecular formula is C14H18ClN3O. The lowest BCUT2D eigenvalue weighted by molar-refractivity contribution is 0.319. The van der Waals surface area contributed by atoms with Gasteiger partial charge in [0.05, 0.1) is 18.5 Å². The minimum Gasteiger partial charge on any atom is -0.491 e. The second-order valence-corrected chi connectivity index (χ2v) is 4.80. The van der Waals surface area contributed by atoms with Gasteiger partial charge in [-0.05, 0) is 31.5 Å². The average Bonchev–Trinajstić information content (AvgIpc) is 2.81. The van der Waals surface area contributed by atoms with E-state index in [4.69, 9.17) is 16.3 Å². The molecule has 1 aromatic carbocycles. The Hall–Kier alpha value is -1.68. The number of aromatic nitrogens is 2. The van der Waals surface area contributed by atoms with Crippen LogP contribution < -0.4 is 10.1 Å². The molecule has 0 amide bonds. The third-order valence-corrected chi connectivity index (χ3v) is 3.04. The molecule has 1 aromatic heterocycles. The Kier molecular flexibility index (Phi) is 4.68. The van der Waals surface area contributed by atoms with E-state index in [2.05, 4.69) is 22.4 Å². The van der Waals surface area contributed by atoms with Gasteiger partial charge < -0.3 is 10.1 Å². The van der Waals surface area contributed by atoms with Gasteiger partial charge >= 0.3 is 0 Å². The van der Waals surface area contributed by atoms with E-state index < -0.39 is 0 Å². The summed E-state index contributed by atoms with van der Waals surface area (Å²) in [6.07, 6.45) is 2.79. The second kappa shape index (κ2) is 6.48. The summed E-state index contributed by atoms with van der Waals surface area (Å²) in [5.74, 6) is 0.826. The van der Waals surface area contributed by atoms with Crippen LogP contribution in [0.1, 0.15) is 24.6 Å². The van der Waals surface area contributed by atoms with Crippen LogP contribution in [0.25, 0.3) is 0 Å². The maximum atomic E-state index is 6.03. The van der Waals surface area contributed by atoms with Gasteiger partial charge in [-0.15, -0.1) is 0 Å². The first kappa shape index (κ1) is 13.7. The standard InChI is InChI=1S/C14H18ClN3O/c1-3-6-19-14-5-4-12(15)7-13(14)16-8-11-9-17-18-10(11)2/h4-5,7,9,16H,3,6,8H2,1-2H3,(H,17,18). The lowest BCUT2D eigenvalue weighted by Crippen LogP contribution is -2.04. The Balaban J connectivity index is 2.09. The average molecular weight is 280 g/mol. The van der Waals surface area contributed by atoms with Gasteiger partial charge in [-0.3, -0.25) is 5.10 Å². The number of hydrogen-bond acceptors (Lipinski definition) is 3. The largest absolute Gasteiger partial charge is 0.491 e. The van der Waals surface area contributed by atoms with Crippen molar-refractivity contribution in [2.24, 2.45) is 0 Å².